The summed E-state index contributed by atoms with van der Waals surface area (Å²) in [5, 5.41) is 13.9. The third-order valence-electron chi connectivity index (χ3n) is 12.9. The van der Waals surface area contributed by atoms with Gasteiger partial charge < -0.3 is 19.8 Å². The first-order valence-electron chi connectivity index (χ1n) is 31.5. The molecule has 3 unspecified atom stereocenters. The number of amides is 1. The van der Waals surface area contributed by atoms with Crippen LogP contribution in [0.1, 0.15) is 219 Å². The Morgan fingerprint density at radius 3 is 1.15 bits per heavy atom. The number of hydrogen-bond donors (Lipinski definition) is 3. The van der Waals surface area contributed by atoms with Gasteiger partial charge in [0, 0.05) is 6.42 Å². The first kappa shape index (κ1) is 75.9. The normalized spacial score (nSPS) is 14.9. The van der Waals surface area contributed by atoms with E-state index in [4.69, 9.17) is 9.05 Å². The van der Waals surface area contributed by atoms with Gasteiger partial charge >= 0.3 is 7.82 Å². The molecule has 0 aromatic rings. The lowest BCUT2D eigenvalue weighted by Crippen LogP contribution is -2.45. The van der Waals surface area contributed by atoms with E-state index in [0.29, 0.717) is 23.9 Å². The Balaban J connectivity index is 4.34. The van der Waals surface area contributed by atoms with Crippen molar-refractivity contribution in [3.63, 3.8) is 0 Å². The zero-order valence-electron chi connectivity index (χ0n) is 51.5. The van der Waals surface area contributed by atoms with Crippen molar-refractivity contribution in [1.29, 1.82) is 0 Å². The number of phosphoric acid groups is 1. The summed E-state index contributed by atoms with van der Waals surface area (Å²) >= 11 is 0. The number of nitrogens with one attached hydrogen (secondary N) is 1. The molecule has 0 aromatic heterocycles. The average Bonchev–Trinajstić information content (AvgIpc) is 3.42. The molecule has 0 spiro atoms. The highest BCUT2D eigenvalue weighted by Gasteiger charge is 2.27. The van der Waals surface area contributed by atoms with Gasteiger partial charge in [0.1, 0.15) is 13.2 Å². The van der Waals surface area contributed by atoms with E-state index in [9.17, 15) is 19.4 Å². The largest absolute Gasteiger partial charge is 0.472 e. The van der Waals surface area contributed by atoms with Crippen LogP contribution in [0, 0.1) is 0 Å². The Morgan fingerprint density at radius 1 is 0.438 bits per heavy atom. The lowest BCUT2D eigenvalue weighted by Gasteiger charge is -2.25. The Kier molecular flexibility index (Phi) is 56.4. The van der Waals surface area contributed by atoms with Gasteiger partial charge in [-0.1, -0.05) is 255 Å². The highest BCUT2D eigenvalue weighted by molar-refractivity contribution is 7.47. The van der Waals surface area contributed by atoms with Crippen molar-refractivity contribution < 1.29 is 32.9 Å². The minimum absolute atomic E-state index is 0.0370. The third kappa shape index (κ3) is 61.5. The second-order valence-corrected chi connectivity index (χ2v) is 23.1. The summed E-state index contributed by atoms with van der Waals surface area (Å²) in [6, 6.07) is -0.902. The molecule has 0 heterocycles. The smallest absolute Gasteiger partial charge is 0.387 e. The van der Waals surface area contributed by atoms with Gasteiger partial charge in [-0.3, -0.25) is 13.8 Å². The van der Waals surface area contributed by atoms with Gasteiger partial charge in [-0.05, 0) is 128 Å². The SMILES string of the molecule is CC/C=C\C/C=C\C/C=C\C/C=C\C/C=C\C/C=C\C/C=C\C/C=C\C/C=C\C/C=C\C/C=C\CCCCCC(=O)NC(COP(=O)(O)OCC[N+](C)(C)C)C(O)/C=C/CC/C=C/CC/C=C/CCCCCCCCCCCCC. The van der Waals surface area contributed by atoms with Crippen molar-refractivity contribution in [1.82, 2.24) is 5.32 Å². The number of aliphatic hydroxyl groups is 1. The Morgan fingerprint density at radius 2 is 0.762 bits per heavy atom. The molecule has 0 aliphatic carbocycles. The van der Waals surface area contributed by atoms with Gasteiger partial charge in [0.15, 0.2) is 0 Å². The van der Waals surface area contributed by atoms with Gasteiger partial charge in [-0.25, -0.2) is 4.57 Å². The highest BCUT2D eigenvalue weighted by Crippen LogP contribution is 2.43. The van der Waals surface area contributed by atoms with Crippen LogP contribution < -0.4 is 5.32 Å². The van der Waals surface area contributed by atoms with Gasteiger partial charge in [0.05, 0.1) is 39.9 Å². The Hall–Kier alpha value is -4.14. The summed E-state index contributed by atoms with van der Waals surface area (Å²) in [5.41, 5.74) is 0. The van der Waals surface area contributed by atoms with Crippen molar-refractivity contribution in [2.24, 2.45) is 0 Å². The van der Waals surface area contributed by atoms with Gasteiger partial charge in [0.2, 0.25) is 5.91 Å². The molecule has 1 amide bonds. The second-order valence-electron chi connectivity index (χ2n) is 21.7. The minimum atomic E-state index is -4.38. The summed E-state index contributed by atoms with van der Waals surface area (Å²) in [7, 11) is 1.50. The predicted molar refractivity (Wildman–Crippen MR) is 350 cm³/mol. The maximum atomic E-state index is 13.0. The van der Waals surface area contributed by atoms with Crippen molar-refractivity contribution in [2.75, 3.05) is 40.9 Å². The van der Waals surface area contributed by atoms with Gasteiger partial charge in [-0.2, -0.15) is 0 Å². The molecule has 3 N–H and O–H groups in total. The van der Waals surface area contributed by atoms with Gasteiger partial charge in [0.25, 0.3) is 0 Å². The van der Waals surface area contributed by atoms with E-state index in [1.54, 1.807) is 6.08 Å². The van der Waals surface area contributed by atoms with Crippen molar-refractivity contribution in [2.45, 2.75) is 231 Å². The standard InChI is InChI=1S/C71H117N2O6P/c1-6-8-10-12-14-16-18-20-22-24-26-28-29-30-31-32-33-34-35-36-37-38-39-40-41-42-43-45-47-49-51-53-55-57-59-61-63-65-71(75)72-69(68-79-80(76,77)78-67-66-73(3,4)5)70(74)64-62-60-58-56-54-52-50-48-46-44-27-25-23-21-19-17-15-13-11-9-7-2/h8,10,14,16,20,22,26,28,30-31,33-34,36-37,39-40,42-43,46-49,53-56,62,64,69-70,74H,6-7,9,11-13,15,17-19,21,23-25,27,29,32,35,38,41,44-45,50-52,57-61,63,65-68H2,1-5H3,(H-,72,75,76,77)/p+1/b10-8-,16-14-,22-20-,28-26-,31-30-,34-33-,37-36-,40-39-,43-42-,48-46+,49-47-,55-53-,56-54+,64-62+. The van der Waals surface area contributed by atoms with E-state index in [1.165, 1.54) is 77.0 Å². The maximum Gasteiger partial charge on any atom is 0.472 e. The molecule has 3 atom stereocenters. The monoisotopic (exact) mass is 1130 g/mol. The van der Waals surface area contributed by atoms with E-state index in [1.807, 2.05) is 27.2 Å². The van der Waals surface area contributed by atoms with Crippen LogP contribution in [-0.2, 0) is 18.4 Å². The number of carbonyl (C=O) groups is 1. The molecule has 0 saturated heterocycles. The van der Waals surface area contributed by atoms with Crippen LogP contribution in [-0.4, -0.2) is 73.4 Å². The lowest BCUT2D eigenvalue weighted by molar-refractivity contribution is -0.870. The molecule has 9 heteroatoms. The Bertz CT molecular complexity index is 1900. The first-order valence-corrected chi connectivity index (χ1v) is 33.0. The summed E-state index contributed by atoms with van der Waals surface area (Å²) in [4.78, 5) is 23.3. The zero-order chi connectivity index (χ0) is 58.4. The summed E-state index contributed by atoms with van der Waals surface area (Å²) < 4.78 is 23.7. The second kappa shape index (κ2) is 59.5. The molecule has 0 rings (SSSR count). The molecule has 0 aliphatic rings. The number of nitrogens with zero attached hydrogens (tertiary/aromatic N) is 1. The molecule has 0 aromatic carbocycles. The number of carbonyl (C=O) groups excluding carboxylic acids is 1. The summed E-state index contributed by atoms with van der Waals surface area (Å²) in [5.74, 6) is -0.230. The van der Waals surface area contributed by atoms with Crippen LogP contribution in [0.3, 0.4) is 0 Å². The first-order chi connectivity index (χ1) is 39.0. The lowest BCUT2D eigenvalue weighted by atomic mass is 10.1. The van der Waals surface area contributed by atoms with E-state index >= 15 is 0 Å². The topological polar surface area (TPSA) is 105 Å². The van der Waals surface area contributed by atoms with Crippen LogP contribution in [0.5, 0.6) is 0 Å². The average molecular weight is 1130 g/mol. The van der Waals surface area contributed by atoms with E-state index in [2.05, 4.69) is 177 Å². The molecular formula is C71H118N2O6P+. The van der Waals surface area contributed by atoms with E-state index in [0.717, 1.165) is 116 Å². The van der Waals surface area contributed by atoms with Crippen LogP contribution in [0.2, 0.25) is 0 Å². The quantitative estimate of drug-likeness (QED) is 0.0243. The van der Waals surface area contributed by atoms with Gasteiger partial charge in [-0.15, -0.1) is 0 Å². The molecule has 0 aliphatic heterocycles. The minimum Gasteiger partial charge on any atom is -0.387 e. The highest BCUT2D eigenvalue weighted by atomic mass is 31.2. The summed E-state index contributed by atoms with van der Waals surface area (Å²) in [6.45, 7) is 4.63. The van der Waals surface area contributed by atoms with Crippen LogP contribution >= 0.6 is 7.82 Å². The van der Waals surface area contributed by atoms with Crippen LogP contribution in [0.15, 0.2) is 170 Å². The molecule has 8 nitrogen and oxygen atoms in total. The molecule has 0 radical (unpaired) electrons. The molecule has 0 fully saturated rings. The zero-order valence-corrected chi connectivity index (χ0v) is 52.4. The molecule has 0 bridgehead atoms. The number of hydrogen-bond acceptors (Lipinski definition) is 5. The number of unbranched alkanes of at least 4 members (excludes halogenated alkanes) is 16. The van der Waals surface area contributed by atoms with Crippen LogP contribution in [0.4, 0.5) is 0 Å². The molecule has 80 heavy (non-hydrogen) atoms. The fraction of sp³-hybridized carbons (Fsp3) is 0.592. The number of likely N-dealkylation sites (N-methyl/N-ethyl adjacent to an activating group) is 1. The van der Waals surface area contributed by atoms with Crippen LogP contribution in [0.25, 0.3) is 0 Å². The number of rotatable bonds is 55. The number of quaternary nitrogens is 1. The third-order valence-corrected chi connectivity index (χ3v) is 13.9. The molecular weight excluding hydrogens is 1010 g/mol. The maximum absolute atomic E-state index is 13.0. The van der Waals surface area contributed by atoms with Crippen molar-refractivity contribution >= 4 is 13.7 Å². The predicted octanol–water partition coefficient (Wildman–Crippen LogP) is 20.0. The fourth-order valence-electron chi connectivity index (χ4n) is 8.02. The summed E-state index contributed by atoms with van der Waals surface area (Å²) in [6.07, 6.45) is 94.7. The number of allylic oxidation sites excluding steroid dienone is 27. The molecule has 0 saturated carbocycles. The fourth-order valence-corrected chi connectivity index (χ4v) is 8.75. The number of phosphoric ester groups is 1. The van der Waals surface area contributed by atoms with Crippen molar-refractivity contribution in [3.8, 4) is 0 Å². The van der Waals surface area contributed by atoms with E-state index in [-0.39, 0.29) is 19.1 Å². The molecule has 452 valence electrons. The number of aliphatic hydroxyl groups excluding tert-OH is 1. The van der Waals surface area contributed by atoms with Crippen molar-refractivity contribution in [3.05, 3.63) is 170 Å². The van der Waals surface area contributed by atoms with E-state index < -0.39 is 20.0 Å². The Labute approximate surface area is 492 Å².